The van der Waals surface area contributed by atoms with Gasteiger partial charge in [0.1, 0.15) is 0 Å². The van der Waals surface area contributed by atoms with E-state index in [0.29, 0.717) is 20.6 Å². The first-order valence-corrected chi connectivity index (χ1v) is 7.85. The number of anilines is 1. The van der Waals surface area contributed by atoms with Crippen molar-refractivity contribution >= 4 is 51.4 Å². The van der Waals surface area contributed by atoms with Crippen molar-refractivity contribution in [2.75, 3.05) is 11.9 Å². The summed E-state index contributed by atoms with van der Waals surface area (Å²) in [5.74, 6) is 0. The number of fused-ring (bicyclic) bond motifs is 1. The molecule has 108 valence electrons. The Morgan fingerprint density at radius 1 is 1.15 bits per heavy atom. The highest BCUT2D eigenvalue weighted by Crippen LogP contribution is 2.41. The van der Waals surface area contributed by atoms with E-state index < -0.39 is 0 Å². The van der Waals surface area contributed by atoms with Crippen molar-refractivity contribution < 1.29 is 0 Å². The highest BCUT2D eigenvalue weighted by atomic mass is 35.5. The van der Waals surface area contributed by atoms with E-state index >= 15 is 0 Å². The molecular weight excluding hydrogens is 315 g/mol. The Kier molecular flexibility index (Phi) is 5.00. The summed E-state index contributed by atoms with van der Waals surface area (Å²) >= 11 is 18.8. The van der Waals surface area contributed by atoms with Crippen LogP contribution in [0.3, 0.4) is 0 Å². The maximum atomic E-state index is 6.39. The van der Waals surface area contributed by atoms with Gasteiger partial charge in [-0.1, -0.05) is 48.7 Å². The number of pyridine rings is 1. The molecule has 0 radical (unpaired) electrons. The Labute approximate surface area is 134 Å². The molecule has 1 aromatic heterocycles. The number of nitrogens with one attached hydrogen (secondary N) is 1. The first kappa shape index (κ1) is 15.7. The first-order chi connectivity index (χ1) is 9.51. The molecule has 0 unspecified atom stereocenters. The number of aryl methyl sites for hydroxylation is 1. The van der Waals surface area contributed by atoms with Crippen LogP contribution in [0.15, 0.2) is 6.07 Å². The van der Waals surface area contributed by atoms with E-state index in [0.717, 1.165) is 41.7 Å². The fourth-order valence-electron chi connectivity index (χ4n) is 2.37. The summed E-state index contributed by atoms with van der Waals surface area (Å²) in [7, 11) is 0. The van der Waals surface area contributed by atoms with Gasteiger partial charge in [-0.25, -0.2) is 0 Å². The van der Waals surface area contributed by atoms with Crippen molar-refractivity contribution in [3.8, 4) is 0 Å². The highest BCUT2D eigenvalue weighted by molar-refractivity contribution is 6.48. The molecule has 5 heteroatoms. The minimum atomic E-state index is 0.455. The first-order valence-electron chi connectivity index (χ1n) is 6.71. The van der Waals surface area contributed by atoms with Crippen molar-refractivity contribution in [3.05, 3.63) is 32.4 Å². The summed E-state index contributed by atoms with van der Waals surface area (Å²) in [6.45, 7) is 7.09. The smallest absolute Gasteiger partial charge is 0.0928 e. The second kappa shape index (κ2) is 6.38. The molecule has 2 nitrogen and oxygen atoms in total. The van der Waals surface area contributed by atoms with Gasteiger partial charge >= 0.3 is 0 Å². The van der Waals surface area contributed by atoms with Gasteiger partial charge in [0.05, 0.1) is 26.3 Å². The predicted molar refractivity (Wildman–Crippen MR) is 89.7 cm³/mol. The molecule has 0 atom stereocenters. The number of nitrogens with zero attached hydrogens (tertiary/aromatic N) is 1. The third-order valence-corrected chi connectivity index (χ3v) is 4.39. The Balaban J connectivity index is 2.87. The van der Waals surface area contributed by atoms with E-state index in [2.05, 4.69) is 24.1 Å². The van der Waals surface area contributed by atoms with Gasteiger partial charge in [0.25, 0.3) is 0 Å². The minimum Gasteiger partial charge on any atom is -0.384 e. The van der Waals surface area contributed by atoms with Crippen LogP contribution >= 0.6 is 34.8 Å². The van der Waals surface area contributed by atoms with Gasteiger partial charge < -0.3 is 5.32 Å². The zero-order valence-electron chi connectivity index (χ0n) is 11.8. The lowest BCUT2D eigenvalue weighted by atomic mass is 10.0. The van der Waals surface area contributed by atoms with Crippen molar-refractivity contribution in [3.63, 3.8) is 0 Å². The van der Waals surface area contributed by atoms with E-state index in [1.54, 1.807) is 6.07 Å². The van der Waals surface area contributed by atoms with Gasteiger partial charge in [-0.2, -0.15) is 0 Å². The van der Waals surface area contributed by atoms with Gasteiger partial charge in [0.2, 0.25) is 0 Å². The maximum Gasteiger partial charge on any atom is 0.0928 e. The van der Waals surface area contributed by atoms with Gasteiger partial charge in [-0.05, 0) is 31.4 Å². The third kappa shape index (κ3) is 2.69. The van der Waals surface area contributed by atoms with Crippen LogP contribution in [0.25, 0.3) is 10.9 Å². The summed E-state index contributed by atoms with van der Waals surface area (Å²) in [6, 6.07) is 1.65. The van der Waals surface area contributed by atoms with E-state index in [-0.39, 0.29) is 0 Å². The lowest BCUT2D eigenvalue weighted by Crippen LogP contribution is -2.07. The Morgan fingerprint density at radius 3 is 2.45 bits per heavy atom. The fourth-order valence-corrected chi connectivity index (χ4v) is 3.11. The molecule has 20 heavy (non-hydrogen) atoms. The molecule has 0 fully saturated rings. The molecule has 1 aromatic carbocycles. The van der Waals surface area contributed by atoms with E-state index in [4.69, 9.17) is 34.8 Å². The van der Waals surface area contributed by atoms with Crippen LogP contribution < -0.4 is 5.32 Å². The van der Waals surface area contributed by atoms with Gasteiger partial charge in [0, 0.05) is 17.6 Å². The number of benzene rings is 1. The average molecular weight is 332 g/mol. The Hall–Kier alpha value is -0.700. The van der Waals surface area contributed by atoms with Crippen LogP contribution in [0, 0.1) is 6.92 Å². The summed E-state index contributed by atoms with van der Waals surface area (Å²) in [5, 5.41) is 5.76. The molecule has 0 aliphatic carbocycles. The number of halogens is 3. The monoisotopic (exact) mass is 330 g/mol. The van der Waals surface area contributed by atoms with Crippen LogP contribution in [0.2, 0.25) is 15.1 Å². The number of hydrogen-bond donors (Lipinski definition) is 1. The molecule has 2 rings (SSSR count). The number of rotatable bonds is 4. The maximum absolute atomic E-state index is 6.39. The molecule has 0 bridgehead atoms. The normalized spacial score (nSPS) is 11.1. The lowest BCUT2D eigenvalue weighted by molar-refractivity contribution is 0.969. The molecule has 1 N–H and O–H groups in total. The zero-order chi connectivity index (χ0) is 14.9. The summed E-state index contributed by atoms with van der Waals surface area (Å²) in [5.41, 5.74) is 3.84. The van der Waals surface area contributed by atoms with E-state index in [9.17, 15) is 0 Å². The van der Waals surface area contributed by atoms with Gasteiger partial charge in [0.15, 0.2) is 0 Å². The summed E-state index contributed by atoms with van der Waals surface area (Å²) in [4.78, 5) is 4.60. The topological polar surface area (TPSA) is 24.9 Å². The molecule has 0 spiro atoms. The fraction of sp³-hybridized carbons (Fsp3) is 0.400. The lowest BCUT2D eigenvalue weighted by Gasteiger charge is -2.18. The average Bonchev–Trinajstić information content (AvgIpc) is 2.42. The van der Waals surface area contributed by atoms with Crippen LogP contribution in [0.4, 0.5) is 5.69 Å². The summed E-state index contributed by atoms with van der Waals surface area (Å²) < 4.78 is 0. The Bertz CT molecular complexity index is 654. The Morgan fingerprint density at radius 2 is 1.85 bits per heavy atom. The van der Waals surface area contributed by atoms with Gasteiger partial charge in [-0.15, -0.1) is 0 Å². The highest BCUT2D eigenvalue weighted by Gasteiger charge is 2.18. The molecule has 0 aliphatic heterocycles. The van der Waals surface area contributed by atoms with Gasteiger partial charge in [-0.3, -0.25) is 4.98 Å². The van der Waals surface area contributed by atoms with Crippen LogP contribution in [0.1, 0.15) is 31.5 Å². The second-order valence-corrected chi connectivity index (χ2v) is 5.90. The standard InChI is InChI=1S/C15H17Cl3N2/c1-4-6-19-14-9(5-2)8(3)20-15-11(17)7-10(16)13(18)12(14)15/h7H,4-6H2,1-3H3,(H,19,20). The summed E-state index contributed by atoms with van der Waals surface area (Å²) in [6.07, 6.45) is 1.90. The third-order valence-electron chi connectivity index (χ3n) is 3.32. The predicted octanol–water partition coefficient (Wildman–Crippen LogP) is 5.89. The molecule has 0 saturated carbocycles. The molecular formula is C15H17Cl3N2. The minimum absolute atomic E-state index is 0.455. The van der Waals surface area contributed by atoms with Crippen molar-refractivity contribution in [1.82, 2.24) is 4.98 Å². The SMILES string of the molecule is CCCNc1c(CC)c(C)nc2c(Cl)cc(Cl)c(Cl)c12. The van der Waals surface area contributed by atoms with Crippen LogP contribution in [-0.2, 0) is 6.42 Å². The number of hydrogen-bond acceptors (Lipinski definition) is 2. The van der Waals surface area contributed by atoms with Crippen molar-refractivity contribution in [2.45, 2.75) is 33.6 Å². The zero-order valence-corrected chi connectivity index (χ0v) is 14.0. The number of aromatic nitrogens is 1. The largest absolute Gasteiger partial charge is 0.384 e. The second-order valence-electron chi connectivity index (χ2n) is 4.71. The molecule has 2 aromatic rings. The quantitative estimate of drug-likeness (QED) is 0.707. The van der Waals surface area contributed by atoms with Crippen LogP contribution in [-0.4, -0.2) is 11.5 Å². The van der Waals surface area contributed by atoms with Crippen molar-refractivity contribution in [2.24, 2.45) is 0 Å². The van der Waals surface area contributed by atoms with E-state index in [1.165, 1.54) is 0 Å². The van der Waals surface area contributed by atoms with Crippen LogP contribution in [0.5, 0.6) is 0 Å². The van der Waals surface area contributed by atoms with Crippen molar-refractivity contribution in [1.29, 1.82) is 0 Å². The molecule has 0 saturated heterocycles. The molecule has 0 amide bonds. The molecule has 1 heterocycles. The molecule has 0 aliphatic rings. The van der Waals surface area contributed by atoms with E-state index in [1.807, 2.05) is 6.92 Å².